The van der Waals surface area contributed by atoms with Crippen LogP contribution in [0.5, 0.6) is 11.5 Å². The molecule has 3 aromatic heterocycles. The molecule has 0 amide bonds. The van der Waals surface area contributed by atoms with E-state index >= 15 is 0 Å². The topological polar surface area (TPSA) is 123 Å². The highest BCUT2D eigenvalue weighted by molar-refractivity contribution is 7.06. The standard InChI is InChI=1S/C27H30N6O4S/c1-15-23(16(2)38-32-15)19-14-29-27(33(3)4)31-25(19)30-20(26(34)35)12-18-11-10-17(13-28-18)24-21(36-5)8-7-9-22(24)37-6/h7-11,13-14,20H,12H2,1-6H3,(H,34,35)(H,29,30,31). The zero-order chi connectivity index (χ0) is 27.4. The smallest absolute Gasteiger partial charge is 0.326 e. The van der Waals surface area contributed by atoms with Crippen LogP contribution in [0.2, 0.25) is 0 Å². The molecule has 11 heteroatoms. The van der Waals surface area contributed by atoms with Crippen molar-refractivity contribution >= 4 is 29.3 Å². The Morgan fingerprint density at radius 3 is 2.29 bits per heavy atom. The van der Waals surface area contributed by atoms with Gasteiger partial charge in [0.15, 0.2) is 0 Å². The lowest BCUT2D eigenvalue weighted by molar-refractivity contribution is -0.137. The van der Waals surface area contributed by atoms with Gasteiger partial charge >= 0.3 is 5.97 Å². The Morgan fingerprint density at radius 1 is 1.05 bits per heavy atom. The first-order valence-corrected chi connectivity index (χ1v) is 12.6. The van der Waals surface area contributed by atoms with Crippen LogP contribution >= 0.6 is 11.5 Å². The van der Waals surface area contributed by atoms with Gasteiger partial charge in [0.2, 0.25) is 5.95 Å². The molecule has 0 aliphatic rings. The summed E-state index contributed by atoms with van der Waals surface area (Å²) in [7, 11) is 6.86. The van der Waals surface area contributed by atoms with E-state index in [-0.39, 0.29) is 6.42 Å². The van der Waals surface area contributed by atoms with Gasteiger partial charge in [-0.2, -0.15) is 9.36 Å². The maximum absolute atomic E-state index is 12.3. The van der Waals surface area contributed by atoms with Crippen molar-refractivity contribution in [1.82, 2.24) is 19.3 Å². The van der Waals surface area contributed by atoms with E-state index in [1.807, 2.05) is 58.3 Å². The number of nitrogens with one attached hydrogen (secondary N) is 1. The Labute approximate surface area is 225 Å². The molecule has 1 atom stereocenters. The second kappa shape index (κ2) is 11.4. The van der Waals surface area contributed by atoms with E-state index in [4.69, 9.17) is 9.47 Å². The molecule has 0 bridgehead atoms. The van der Waals surface area contributed by atoms with E-state index in [9.17, 15) is 9.90 Å². The summed E-state index contributed by atoms with van der Waals surface area (Å²) in [5.74, 6) is 1.19. The van der Waals surface area contributed by atoms with E-state index in [1.165, 1.54) is 11.5 Å². The van der Waals surface area contributed by atoms with Gasteiger partial charge in [-0.3, -0.25) is 4.98 Å². The molecule has 0 aliphatic heterocycles. The number of carboxylic acid groups (broad SMARTS) is 1. The lowest BCUT2D eigenvalue weighted by Crippen LogP contribution is -2.32. The number of carbonyl (C=O) groups is 1. The predicted octanol–water partition coefficient (Wildman–Crippen LogP) is 4.47. The molecule has 0 spiro atoms. The number of hydrogen-bond donors (Lipinski definition) is 2. The first kappa shape index (κ1) is 26.8. The molecule has 0 fully saturated rings. The molecule has 1 aromatic carbocycles. The molecule has 198 valence electrons. The van der Waals surface area contributed by atoms with Crippen molar-refractivity contribution < 1.29 is 19.4 Å². The zero-order valence-corrected chi connectivity index (χ0v) is 23.0. The number of benzene rings is 1. The van der Waals surface area contributed by atoms with Gasteiger partial charge in [-0.05, 0) is 43.6 Å². The van der Waals surface area contributed by atoms with Crippen LogP contribution < -0.4 is 19.7 Å². The van der Waals surface area contributed by atoms with Crippen molar-refractivity contribution in [2.75, 3.05) is 38.5 Å². The quantitative estimate of drug-likeness (QED) is 0.301. The van der Waals surface area contributed by atoms with Crippen LogP contribution in [0.25, 0.3) is 22.3 Å². The van der Waals surface area contributed by atoms with Crippen LogP contribution in [-0.4, -0.2) is 64.8 Å². The second-order valence-electron chi connectivity index (χ2n) is 8.84. The minimum atomic E-state index is -1.02. The van der Waals surface area contributed by atoms with E-state index in [0.717, 1.165) is 27.3 Å². The molecule has 4 aromatic rings. The SMILES string of the molecule is COc1cccc(OC)c1-c1ccc(CC(Nc2nc(N(C)C)ncc2-c2c(C)nsc2C)C(=O)O)nc1. The summed E-state index contributed by atoms with van der Waals surface area (Å²) in [5.41, 5.74) is 4.63. The van der Waals surface area contributed by atoms with Gasteiger partial charge in [0, 0.05) is 60.2 Å². The van der Waals surface area contributed by atoms with Crippen LogP contribution in [0.3, 0.4) is 0 Å². The third-order valence-corrected chi connectivity index (χ3v) is 6.89. The summed E-state index contributed by atoms with van der Waals surface area (Å²) in [5, 5.41) is 13.2. The molecule has 2 N–H and O–H groups in total. The van der Waals surface area contributed by atoms with E-state index < -0.39 is 12.0 Å². The zero-order valence-electron chi connectivity index (χ0n) is 22.1. The lowest BCUT2D eigenvalue weighted by atomic mass is 10.0. The van der Waals surface area contributed by atoms with Gasteiger partial charge < -0.3 is 24.8 Å². The summed E-state index contributed by atoms with van der Waals surface area (Å²) in [6.45, 7) is 3.89. The number of ether oxygens (including phenoxy) is 2. The largest absolute Gasteiger partial charge is 0.496 e. The highest BCUT2D eigenvalue weighted by Gasteiger charge is 2.24. The third kappa shape index (κ3) is 5.52. The maximum Gasteiger partial charge on any atom is 0.326 e. The van der Waals surface area contributed by atoms with Crippen LogP contribution in [0, 0.1) is 13.8 Å². The number of pyridine rings is 1. The van der Waals surface area contributed by atoms with Crippen LogP contribution in [-0.2, 0) is 11.2 Å². The summed E-state index contributed by atoms with van der Waals surface area (Å²) >= 11 is 1.39. The lowest BCUT2D eigenvalue weighted by Gasteiger charge is -2.20. The number of aryl methyl sites for hydroxylation is 2. The maximum atomic E-state index is 12.3. The minimum Gasteiger partial charge on any atom is -0.496 e. The number of nitrogens with zero attached hydrogens (tertiary/aromatic N) is 5. The highest BCUT2D eigenvalue weighted by Crippen LogP contribution is 2.38. The van der Waals surface area contributed by atoms with Crippen molar-refractivity contribution in [3.63, 3.8) is 0 Å². The first-order chi connectivity index (χ1) is 18.2. The number of carboxylic acids is 1. The molecule has 0 radical (unpaired) electrons. The van der Waals surface area contributed by atoms with Crippen molar-refractivity contribution in [2.45, 2.75) is 26.3 Å². The third-order valence-electron chi connectivity index (χ3n) is 6.04. The normalized spacial score (nSPS) is 11.6. The fourth-order valence-electron chi connectivity index (χ4n) is 4.15. The van der Waals surface area contributed by atoms with Crippen LogP contribution in [0.1, 0.15) is 16.3 Å². The molecule has 4 rings (SSSR count). The molecule has 1 unspecified atom stereocenters. The Morgan fingerprint density at radius 2 is 1.76 bits per heavy atom. The molecule has 38 heavy (non-hydrogen) atoms. The van der Waals surface area contributed by atoms with Gasteiger partial charge in [-0.25, -0.2) is 9.78 Å². The van der Waals surface area contributed by atoms with E-state index in [0.29, 0.717) is 34.5 Å². The van der Waals surface area contributed by atoms with Gasteiger partial charge in [0.05, 0.1) is 25.5 Å². The fraction of sp³-hybridized carbons (Fsp3) is 0.296. The Kier molecular flexibility index (Phi) is 8.06. The molecule has 3 heterocycles. The number of anilines is 2. The Bertz CT molecular complexity index is 1400. The number of hydrogen-bond acceptors (Lipinski definition) is 10. The number of rotatable bonds is 10. The molecular formula is C27H30N6O4S. The van der Waals surface area contributed by atoms with Crippen molar-refractivity contribution in [3.8, 4) is 33.8 Å². The first-order valence-electron chi connectivity index (χ1n) is 11.9. The minimum absolute atomic E-state index is 0.138. The average molecular weight is 535 g/mol. The van der Waals surface area contributed by atoms with E-state index in [2.05, 4.69) is 24.6 Å². The highest BCUT2D eigenvalue weighted by atomic mass is 32.1. The van der Waals surface area contributed by atoms with Crippen molar-refractivity contribution in [3.05, 3.63) is 59.0 Å². The molecular weight excluding hydrogens is 504 g/mol. The van der Waals surface area contributed by atoms with Gasteiger partial charge in [-0.15, -0.1) is 0 Å². The van der Waals surface area contributed by atoms with Crippen molar-refractivity contribution in [2.24, 2.45) is 0 Å². The Hall–Kier alpha value is -4.25. The van der Waals surface area contributed by atoms with Crippen LogP contribution in [0.15, 0.2) is 42.7 Å². The van der Waals surface area contributed by atoms with E-state index in [1.54, 1.807) is 31.5 Å². The Balaban J connectivity index is 1.65. The summed E-state index contributed by atoms with van der Waals surface area (Å²) in [6.07, 6.45) is 3.54. The van der Waals surface area contributed by atoms with Gasteiger partial charge in [-0.1, -0.05) is 12.1 Å². The molecule has 0 aliphatic carbocycles. The number of methoxy groups -OCH3 is 2. The second-order valence-corrected chi connectivity index (χ2v) is 9.82. The van der Waals surface area contributed by atoms with Gasteiger partial charge in [0.25, 0.3) is 0 Å². The number of aromatic nitrogens is 4. The number of aliphatic carboxylic acids is 1. The fourth-order valence-corrected chi connectivity index (χ4v) is 4.87. The summed E-state index contributed by atoms with van der Waals surface area (Å²) < 4.78 is 15.4. The summed E-state index contributed by atoms with van der Waals surface area (Å²) in [6, 6.07) is 8.26. The predicted molar refractivity (Wildman–Crippen MR) is 148 cm³/mol. The molecule has 10 nitrogen and oxygen atoms in total. The molecule has 0 saturated heterocycles. The summed E-state index contributed by atoms with van der Waals surface area (Å²) in [4.78, 5) is 28.7. The monoisotopic (exact) mass is 534 g/mol. The van der Waals surface area contributed by atoms with Crippen molar-refractivity contribution in [1.29, 1.82) is 0 Å². The average Bonchev–Trinajstić information content (AvgIpc) is 3.25. The van der Waals surface area contributed by atoms with Crippen LogP contribution in [0.4, 0.5) is 11.8 Å². The molecule has 0 saturated carbocycles. The van der Waals surface area contributed by atoms with Gasteiger partial charge in [0.1, 0.15) is 23.4 Å².